The van der Waals surface area contributed by atoms with Crippen LogP contribution in [0.3, 0.4) is 0 Å². The summed E-state index contributed by atoms with van der Waals surface area (Å²) in [5, 5.41) is -0.160. The van der Waals surface area contributed by atoms with Gasteiger partial charge in [-0.25, -0.2) is 17.5 Å². The van der Waals surface area contributed by atoms with E-state index in [-0.39, 0.29) is 11.2 Å². The molecule has 2 fully saturated rings. The number of alkyl halides is 2. The lowest BCUT2D eigenvalue weighted by Crippen LogP contribution is -2.38. The van der Waals surface area contributed by atoms with E-state index in [4.69, 9.17) is 0 Å². The third-order valence-electron chi connectivity index (χ3n) is 3.73. The minimum absolute atomic E-state index is 0.130. The van der Waals surface area contributed by atoms with Crippen LogP contribution in [0.15, 0.2) is 0 Å². The maximum absolute atomic E-state index is 13.1. The molecule has 0 aromatic heterocycles. The molecule has 2 atom stereocenters. The van der Waals surface area contributed by atoms with Crippen LogP contribution >= 0.6 is 15.9 Å². The summed E-state index contributed by atoms with van der Waals surface area (Å²) < 4.78 is 37.9. The quantitative estimate of drug-likeness (QED) is 0.577. The van der Waals surface area contributed by atoms with Gasteiger partial charge in [-0.05, 0) is 48.0 Å². The largest absolute Gasteiger partial charge is 0.231 e. The second kappa shape index (κ2) is 5.13. The Hall–Kier alpha value is 0.320. The summed E-state index contributed by atoms with van der Waals surface area (Å²) in [7, 11) is -3.06. The second-order valence-electron chi connectivity index (χ2n) is 5.15. The molecule has 2 unspecified atom stereocenters. The molecule has 0 saturated heterocycles. The summed E-state index contributed by atoms with van der Waals surface area (Å²) in [5.74, 6) is 0.130. The van der Waals surface area contributed by atoms with Gasteiger partial charge in [0.05, 0.1) is 5.25 Å². The molecule has 2 saturated carbocycles. The Bertz CT molecular complexity index is 368. The van der Waals surface area contributed by atoms with Crippen molar-refractivity contribution in [1.82, 2.24) is 4.72 Å². The highest BCUT2D eigenvalue weighted by molar-refractivity contribution is 9.10. The number of hydrogen-bond acceptors (Lipinski definition) is 2. The minimum Gasteiger partial charge on any atom is -0.231 e. The Morgan fingerprint density at radius 3 is 2.47 bits per heavy atom. The molecule has 0 aromatic rings. The number of rotatable bonds is 7. The first-order valence-corrected chi connectivity index (χ1v) is 8.62. The van der Waals surface area contributed by atoms with Gasteiger partial charge in [0, 0.05) is 12.5 Å². The van der Waals surface area contributed by atoms with E-state index in [9.17, 15) is 12.8 Å². The Balaban J connectivity index is 1.54. The molecule has 0 amide bonds. The van der Waals surface area contributed by atoms with E-state index in [2.05, 4.69) is 20.7 Å². The van der Waals surface area contributed by atoms with Gasteiger partial charge in [0.15, 0.2) is 4.58 Å². The van der Waals surface area contributed by atoms with Crippen molar-refractivity contribution >= 4 is 26.0 Å². The van der Waals surface area contributed by atoms with E-state index in [1.54, 1.807) is 0 Å². The van der Waals surface area contributed by atoms with Crippen LogP contribution in [-0.2, 0) is 10.0 Å². The molecule has 17 heavy (non-hydrogen) atoms. The van der Waals surface area contributed by atoms with Crippen LogP contribution in [0.4, 0.5) is 4.39 Å². The van der Waals surface area contributed by atoms with Crippen molar-refractivity contribution in [3.05, 3.63) is 0 Å². The van der Waals surface area contributed by atoms with E-state index in [0.29, 0.717) is 13.0 Å². The lowest BCUT2D eigenvalue weighted by atomic mass is 10.0. The van der Waals surface area contributed by atoms with E-state index >= 15 is 0 Å². The minimum atomic E-state index is -3.06. The van der Waals surface area contributed by atoms with Crippen molar-refractivity contribution in [2.24, 2.45) is 5.92 Å². The maximum Gasteiger partial charge on any atom is 0.214 e. The highest BCUT2D eigenvalue weighted by Crippen LogP contribution is 2.54. The maximum atomic E-state index is 13.1. The Kier molecular flexibility index (Phi) is 4.15. The van der Waals surface area contributed by atoms with Gasteiger partial charge in [0.1, 0.15) is 0 Å². The molecule has 0 radical (unpaired) electrons. The monoisotopic (exact) mass is 327 g/mol. The van der Waals surface area contributed by atoms with Gasteiger partial charge >= 0.3 is 0 Å². The fraction of sp³-hybridized carbons (Fsp3) is 1.00. The fourth-order valence-corrected chi connectivity index (χ4v) is 4.35. The average molecular weight is 328 g/mol. The summed E-state index contributed by atoms with van der Waals surface area (Å²) in [4.78, 5) is 0. The van der Waals surface area contributed by atoms with Gasteiger partial charge in [-0.15, -0.1) is 0 Å². The first kappa shape index (κ1) is 13.7. The number of sulfonamides is 1. The number of nitrogens with one attached hydrogen (secondary N) is 1. The molecule has 2 rings (SSSR count). The van der Waals surface area contributed by atoms with Crippen LogP contribution in [0.1, 0.15) is 44.9 Å². The van der Waals surface area contributed by atoms with Gasteiger partial charge in [-0.3, -0.25) is 0 Å². The van der Waals surface area contributed by atoms with E-state index in [1.165, 1.54) is 0 Å². The predicted molar refractivity (Wildman–Crippen MR) is 69.3 cm³/mol. The molecule has 0 bridgehead atoms. The van der Waals surface area contributed by atoms with E-state index in [0.717, 1.165) is 38.5 Å². The van der Waals surface area contributed by atoms with Crippen LogP contribution in [0.5, 0.6) is 0 Å². The lowest BCUT2D eigenvalue weighted by molar-refractivity contribution is 0.401. The smallest absolute Gasteiger partial charge is 0.214 e. The highest BCUT2D eigenvalue weighted by Gasteiger charge is 2.52. The van der Waals surface area contributed by atoms with E-state index < -0.39 is 14.6 Å². The number of halogens is 2. The Morgan fingerprint density at radius 1 is 1.35 bits per heavy atom. The summed E-state index contributed by atoms with van der Waals surface area (Å²) >= 11 is 3.01. The molecule has 0 heterocycles. The van der Waals surface area contributed by atoms with Crippen molar-refractivity contribution in [1.29, 1.82) is 0 Å². The topological polar surface area (TPSA) is 46.2 Å². The second-order valence-corrected chi connectivity index (χ2v) is 8.51. The number of unbranched alkanes of at least 4 members (excludes halogenated alkanes) is 1. The molecule has 2 aliphatic carbocycles. The van der Waals surface area contributed by atoms with Crippen molar-refractivity contribution in [2.75, 3.05) is 6.54 Å². The molecule has 1 N–H and O–H groups in total. The van der Waals surface area contributed by atoms with Crippen LogP contribution in [-0.4, -0.2) is 24.8 Å². The third kappa shape index (κ3) is 3.64. The van der Waals surface area contributed by atoms with Crippen LogP contribution in [0, 0.1) is 5.92 Å². The predicted octanol–water partition coefficient (Wildman–Crippen LogP) is 2.71. The first-order valence-electron chi connectivity index (χ1n) is 6.28. The van der Waals surface area contributed by atoms with Crippen molar-refractivity contribution in [3.8, 4) is 0 Å². The zero-order valence-corrected chi connectivity index (χ0v) is 12.2. The van der Waals surface area contributed by atoms with Gasteiger partial charge in [0.25, 0.3) is 0 Å². The molecule has 6 heteroatoms. The van der Waals surface area contributed by atoms with Crippen LogP contribution in [0.2, 0.25) is 0 Å². The molecular formula is C11H19BrFNO2S. The zero-order chi connectivity index (χ0) is 12.5. The summed E-state index contributed by atoms with van der Waals surface area (Å²) in [6.45, 7) is 0.493. The van der Waals surface area contributed by atoms with Gasteiger partial charge in [0.2, 0.25) is 10.0 Å². The Labute approximate surface area is 111 Å². The lowest BCUT2D eigenvalue weighted by Gasteiger charge is -2.25. The summed E-state index contributed by atoms with van der Waals surface area (Å²) in [5.41, 5.74) is 0. The standard InChI is InChI=1S/C11H19BrFNO2S/c12-11(13)8-9(11)4-1-2-7-14-17(15,16)10-5-3-6-10/h9-10,14H,1-8H2. The molecular weight excluding hydrogens is 309 g/mol. The SMILES string of the molecule is O=S(=O)(NCCCCC1CC1(F)Br)C1CCC1. The molecule has 100 valence electrons. The highest BCUT2D eigenvalue weighted by atomic mass is 79.9. The van der Waals surface area contributed by atoms with Gasteiger partial charge in [-0.2, -0.15) is 0 Å². The van der Waals surface area contributed by atoms with Crippen LogP contribution < -0.4 is 4.72 Å². The Morgan fingerprint density at radius 2 is 2.00 bits per heavy atom. The molecule has 3 nitrogen and oxygen atoms in total. The number of hydrogen-bond donors (Lipinski definition) is 1. The first-order chi connectivity index (χ1) is 7.92. The fourth-order valence-electron chi connectivity index (χ4n) is 2.11. The van der Waals surface area contributed by atoms with Crippen LogP contribution in [0.25, 0.3) is 0 Å². The summed E-state index contributed by atoms with van der Waals surface area (Å²) in [6, 6.07) is 0. The summed E-state index contributed by atoms with van der Waals surface area (Å²) in [6.07, 6.45) is 5.74. The molecule has 0 aromatic carbocycles. The molecule has 0 aliphatic heterocycles. The van der Waals surface area contributed by atoms with Gasteiger partial charge < -0.3 is 0 Å². The van der Waals surface area contributed by atoms with E-state index in [1.807, 2.05) is 0 Å². The van der Waals surface area contributed by atoms with Gasteiger partial charge in [-0.1, -0.05) is 12.8 Å². The average Bonchev–Trinajstić information content (AvgIpc) is 2.69. The van der Waals surface area contributed by atoms with Crippen molar-refractivity contribution < 1.29 is 12.8 Å². The molecule has 2 aliphatic rings. The van der Waals surface area contributed by atoms with Crippen molar-refractivity contribution in [2.45, 2.75) is 54.8 Å². The molecule has 0 spiro atoms. The third-order valence-corrected chi connectivity index (χ3v) is 6.66. The van der Waals surface area contributed by atoms with Crippen molar-refractivity contribution in [3.63, 3.8) is 0 Å². The zero-order valence-electron chi connectivity index (χ0n) is 9.79. The normalized spacial score (nSPS) is 33.4.